The Morgan fingerprint density at radius 3 is 2.43 bits per heavy atom. The van der Waals surface area contributed by atoms with Gasteiger partial charge in [0, 0.05) is 16.3 Å². The fraction of sp³-hybridized carbons (Fsp3) is 0.333. The molecular formula is C21H19F4N3O2. The highest BCUT2D eigenvalue weighted by atomic mass is 19.4. The molecule has 0 amide bonds. The first-order chi connectivity index (χ1) is 14.2. The number of fused-ring (bicyclic) bond motifs is 1. The minimum atomic E-state index is -4.60. The first-order valence-corrected chi connectivity index (χ1v) is 9.55. The highest BCUT2D eigenvalue weighted by Crippen LogP contribution is 2.39. The van der Waals surface area contributed by atoms with E-state index < -0.39 is 29.4 Å². The molecule has 3 N–H and O–H groups in total. The standard InChI is InChI=1S/C21H19F4N3O2/c22-12-6-8-13-15(10-12)20(26-16-3-1-2-4-17(16)29)28-27-19(13)14-7-5-11(9-18(14)30)21(23,24)25/h5-10,16-17,29-30H,1-4H2,(H,26,28)/t16-,17-/m1/s1. The number of phenols is 1. The number of aromatic nitrogens is 2. The monoisotopic (exact) mass is 421 g/mol. The molecule has 0 radical (unpaired) electrons. The van der Waals surface area contributed by atoms with Crippen molar-refractivity contribution < 1.29 is 27.8 Å². The number of hydrogen-bond donors (Lipinski definition) is 3. The minimum Gasteiger partial charge on any atom is -0.507 e. The molecule has 1 aliphatic carbocycles. The third kappa shape index (κ3) is 3.89. The molecular weight excluding hydrogens is 402 g/mol. The molecule has 1 fully saturated rings. The summed E-state index contributed by atoms with van der Waals surface area (Å²) in [5.74, 6) is -0.857. The van der Waals surface area contributed by atoms with E-state index in [0.29, 0.717) is 23.3 Å². The van der Waals surface area contributed by atoms with Crippen LogP contribution in [0.5, 0.6) is 5.75 Å². The van der Waals surface area contributed by atoms with E-state index in [-0.39, 0.29) is 23.1 Å². The first-order valence-electron chi connectivity index (χ1n) is 9.55. The lowest BCUT2D eigenvalue weighted by atomic mass is 9.92. The molecule has 1 saturated carbocycles. The highest BCUT2D eigenvalue weighted by molar-refractivity contribution is 6.01. The third-order valence-electron chi connectivity index (χ3n) is 5.37. The van der Waals surface area contributed by atoms with E-state index in [2.05, 4.69) is 15.5 Å². The van der Waals surface area contributed by atoms with Gasteiger partial charge < -0.3 is 15.5 Å². The average Bonchev–Trinajstić information content (AvgIpc) is 2.69. The van der Waals surface area contributed by atoms with Crippen LogP contribution in [0, 0.1) is 5.82 Å². The van der Waals surface area contributed by atoms with E-state index in [1.54, 1.807) is 0 Å². The predicted molar refractivity (Wildman–Crippen MR) is 103 cm³/mol. The number of rotatable bonds is 3. The van der Waals surface area contributed by atoms with Crippen LogP contribution in [0.3, 0.4) is 0 Å². The highest BCUT2D eigenvalue weighted by Gasteiger charge is 2.31. The molecule has 4 rings (SSSR count). The second kappa shape index (κ2) is 7.71. The van der Waals surface area contributed by atoms with Gasteiger partial charge >= 0.3 is 6.18 Å². The van der Waals surface area contributed by atoms with Gasteiger partial charge in [0.25, 0.3) is 0 Å². The molecule has 1 aliphatic rings. The molecule has 2 aromatic carbocycles. The van der Waals surface area contributed by atoms with Crippen molar-refractivity contribution in [2.45, 2.75) is 44.0 Å². The largest absolute Gasteiger partial charge is 0.507 e. The number of halogens is 4. The van der Waals surface area contributed by atoms with Gasteiger partial charge in [-0.1, -0.05) is 12.8 Å². The topological polar surface area (TPSA) is 78.3 Å². The zero-order valence-electron chi connectivity index (χ0n) is 15.7. The van der Waals surface area contributed by atoms with E-state index in [1.807, 2.05) is 0 Å². The number of benzene rings is 2. The van der Waals surface area contributed by atoms with Crippen LogP contribution in [0.15, 0.2) is 36.4 Å². The van der Waals surface area contributed by atoms with Crippen molar-refractivity contribution in [2.75, 3.05) is 5.32 Å². The number of aromatic hydroxyl groups is 1. The number of anilines is 1. The molecule has 5 nitrogen and oxygen atoms in total. The number of aliphatic hydroxyl groups excluding tert-OH is 1. The summed E-state index contributed by atoms with van der Waals surface area (Å²) < 4.78 is 52.7. The third-order valence-corrected chi connectivity index (χ3v) is 5.37. The van der Waals surface area contributed by atoms with Crippen LogP contribution in [-0.2, 0) is 6.18 Å². The molecule has 3 aromatic rings. The predicted octanol–water partition coefficient (Wildman–Crippen LogP) is 4.88. The van der Waals surface area contributed by atoms with Crippen LogP contribution < -0.4 is 5.32 Å². The van der Waals surface area contributed by atoms with Gasteiger partial charge in [0.05, 0.1) is 17.7 Å². The van der Waals surface area contributed by atoms with Gasteiger partial charge in [-0.25, -0.2) is 4.39 Å². The minimum absolute atomic E-state index is 0.0522. The Bertz CT molecular complexity index is 1090. The zero-order chi connectivity index (χ0) is 21.5. The van der Waals surface area contributed by atoms with Gasteiger partial charge in [0.2, 0.25) is 0 Å². The molecule has 2 atom stereocenters. The maximum absolute atomic E-state index is 14.0. The van der Waals surface area contributed by atoms with E-state index in [1.165, 1.54) is 18.2 Å². The van der Waals surface area contributed by atoms with E-state index in [0.717, 1.165) is 31.4 Å². The Hall–Kier alpha value is -2.94. The zero-order valence-corrected chi connectivity index (χ0v) is 15.7. The van der Waals surface area contributed by atoms with Crippen LogP contribution in [0.25, 0.3) is 22.0 Å². The Labute approximate surface area is 169 Å². The second-order valence-electron chi connectivity index (χ2n) is 7.42. The van der Waals surface area contributed by atoms with Crippen LogP contribution in [0.2, 0.25) is 0 Å². The summed E-state index contributed by atoms with van der Waals surface area (Å²) in [6.07, 6.45) is -1.93. The Morgan fingerprint density at radius 1 is 0.967 bits per heavy atom. The molecule has 0 aliphatic heterocycles. The van der Waals surface area contributed by atoms with Crippen molar-refractivity contribution in [3.05, 3.63) is 47.8 Å². The summed E-state index contributed by atoms with van der Waals surface area (Å²) in [6, 6.07) is 6.20. The molecule has 0 spiro atoms. The molecule has 9 heteroatoms. The van der Waals surface area contributed by atoms with Gasteiger partial charge in [0.1, 0.15) is 17.3 Å². The molecule has 158 valence electrons. The average molecular weight is 421 g/mol. The van der Waals surface area contributed by atoms with Crippen molar-refractivity contribution in [2.24, 2.45) is 0 Å². The molecule has 0 unspecified atom stereocenters. The lowest BCUT2D eigenvalue weighted by Crippen LogP contribution is -2.36. The molecule has 1 aromatic heterocycles. The maximum Gasteiger partial charge on any atom is 0.416 e. The summed E-state index contributed by atoms with van der Waals surface area (Å²) in [7, 11) is 0. The number of aliphatic hydroxyl groups is 1. The second-order valence-corrected chi connectivity index (χ2v) is 7.42. The van der Waals surface area contributed by atoms with E-state index >= 15 is 0 Å². The van der Waals surface area contributed by atoms with Crippen molar-refractivity contribution in [1.29, 1.82) is 0 Å². The summed E-state index contributed by atoms with van der Waals surface area (Å²) in [5.41, 5.74) is -0.807. The lowest BCUT2D eigenvalue weighted by Gasteiger charge is -2.29. The number of hydrogen-bond acceptors (Lipinski definition) is 5. The quantitative estimate of drug-likeness (QED) is 0.526. The number of nitrogens with one attached hydrogen (secondary N) is 1. The fourth-order valence-corrected chi connectivity index (χ4v) is 3.80. The van der Waals surface area contributed by atoms with E-state index in [9.17, 15) is 27.8 Å². The lowest BCUT2D eigenvalue weighted by molar-refractivity contribution is -0.137. The van der Waals surface area contributed by atoms with Gasteiger partial charge in [-0.15, -0.1) is 10.2 Å². The Kier molecular flexibility index (Phi) is 5.23. The van der Waals surface area contributed by atoms with Crippen molar-refractivity contribution in [3.8, 4) is 17.0 Å². The summed E-state index contributed by atoms with van der Waals surface area (Å²) in [4.78, 5) is 0. The van der Waals surface area contributed by atoms with Gasteiger partial charge in [0.15, 0.2) is 5.82 Å². The van der Waals surface area contributed by atoms with Crippen LogP contribution >= 0.6 is 0 Å². The first kappa shape index (κ1) is 20.3. The number of alkyl halides is 3. The Balaban J connectivity index is 1.79. The smallest absolute Gasteiger partial charge is 0.416 e. The normalized spacial score (nSPS) is 19.8. The summed E-state index contributed by atoms with van der Waals surface area (Å²) >= 11 is 0. The van der Waals surface area contributed by atoms with Crippen molar-refractivity contribution >= 4 is 16.6 Å². The summed E-state index contributed by atoms with van der Waals surface area (Å²) in [5, 5.41) is 32.5. The summed E-state index contributed by atoms with van der Waals surface area (Å²) in [6.45, 7) is 0. The Morgan fingerprint density at radius 2 is 1.73 bits per heavy atom. The molecule has 30 heavy (non-hydrogen) atoms. The van der Waals surface area contributed by atoms with Gasteiger partial charge in [-0.2, -0.15) is 13.2 Å². The molecule has 0 saturated heterocycles. The van der Waals surface area contributed by atoms with E-state index in [4.69, 9.17) is 0 Å². The van der Waals surface area contributed by atoms with Crippen LogP contribution in [0.1, 0.15) is 31.2 Å². The molecule has 1 heterocycles. The van der Waals surface area contributed by atoms with Gasteiger partial charge in [-0.3, -0.25) is 0 Å². The fourth-order valence-electron chi connectivity index (χ4n) is 3.80. The van der Waals surface area contributed by atoms with Crippen LogP contribution in [-0.4, -0.2) is 32.6 Å². The van der Waals surface area contributed by atoms with Crippen molar-refractivity contribution in [1.82, 2.24) is 10.2 Å². The van der Waals surface area contributed by atoms with Crippen LogP contribution in [0.4, 0.5) is 23.4 Å². The SMILES string of the molecule is Oc1cc(C(F)(F)F)ccc1-c1nnc(N[C@@H]2CCCC[C@H]2O)c2cc(F)ccc12. The van der Waals surface area contributed by atoms with Crippen molar-refractivity contribution in [3.63, 3.8) is 0 Å². The maximum atomic E-state index is 14.0. The van der Waals surface area contributed by atoms with Gasteiger partial charge in [-0.05, 0) is 49.2 Å². The number of phenolic OH excluding ortho intramolecular Hbond substituents is 1. The number of nitrogens with zero attached hydrogens (tertiary/aromatic N) is 2. The molecule has 0 bridgehead atoms.